The van der Waals surface area contributed by atoms with Crippen LogP contribution in [-0.2, 0) is 33.5 Å². The largest absolute Gasteiger partial charge is 0.447 e. The maximum atomic E-state index is 13.6. The molecule has 0 saturated heterocycles. The fourth-order valence-corrected chi connectivity index (χ4v) is 5.62. The van der Waals surface area contributed by atoms with Crippen molar-refractivity contribution in [2.45, 2.75) is 38.7 Å². The van der Waals surface area contributed by atoms with Crippen molar-refractivity contribution in [2.75, 3.05) is 69.6 Å². The van der Waals surface area contributed by atoms with Crippen LogP contribution in [0.4, 0.5) is 29.3 Å². The molecule has 4 rings (SSSR count). The fraction of sp³-hybridized carbons (Fsp3) is 0.366. The minimum atomic E-state index is -4.51. The van der Waals surface area contributed by atoms with Gasteiger partial charge in [-0.05, 0) is 79.6 Å². The second-order valence-corrected chi connectivity index (χ2v) is 13.0. The summed E-state index contributed by atoms with van der Waals surface area (Å²) < 4.78 is 55.6. The van der Waals surface area contributed by atoms with Gasteiger partial charge < -0.3 is 50.4 Å². The number of amides is 3. The third-order valence-corrected chi connectivity index (χ3v) is 8.95. The fourth-order valence-electron chi connectivity index (χ4n) is 5.62. The smallest absolute Gasteiger partial charge is 0.416 e. The van der Waals surface area contributed by atoms with E-state index in [0.29, 0.717) is 41.2 Å². The van der Waals surface area contributed by atoms with E-state index in [9.17, 15) is 42.9 Å². The van der Waals surface area contributed by atoms with Crippen molar-refractivity contribution >= 4 is 29.3 Å². The summed E-state index contributed by atoms with van der Waals surface area (Å²) in [6.45, 7) is 3.77. The number of anilines is 2. The lowest BCUT2D eigenvalue weighted by atomic mass is 10.0. The molecule has 0 unspecified atom stereocenters. The van der Waals surface area contributed by atoms with Gasteiger partial charge in [0.15, 0.2) is 0 Å². The molecule has 1 aromatic heterocycles. The molecule has 0 atom stereocenters. The molecule has 0 spiro atoms. The highest BCUT2D eigenvalue weighted by atomic mass is 19.4. The normalized spacial score (nSPS) is 11.5. The Morgan fingerprint density at radius 2 is 1.43 bits per heavy atom. The summed E-state index contributed by atoms with van der Waals surface area (Å²) in [5.74, 6) is -0.921. The molecule has 4 aromatic rings. The lowest BCUT2D eigenvalue weighted by Gasteiger charge is -2.27. The molecule has 17 heteroatoms. The number of hydrogen-bond acceptors (Lipinski definition) is 11. The van der Waals surface area contributed by atoms with E-state index >= 15 is 0 Å². The van der Waals surface area contributed by atoms with E-state index in [1.807, 2.05) is 26.0 Å². The zero-order chi connectivity index (χ0) is 42.1. The first-order valence-corrected chi connectivity index (χ1v) is 18.5. The molecule has 312 valence electrons. The zero-order valence-corrected chi connectivity index (χ0v) is 32.2. The Kier molecular flexibility index (Phi) is 17.0. The van der Waals surface area contributed by atoms with Crippen LogP contribution < -0.4 is 20.9 Å². The number of benzene rings is 3. The molecule has 0 aliphatic rings. The average Bonchev–Trinajstić information content (AvgIpc) is 3.23. The number of hydrogen-bond donors (Lipinski definition) is 6. The minimum Gasteiger partial charge on any atom is -0.447 e. The molecule has 0 fully saturated rings. The first-order valence-electron chi connectivity index (χ1n) is 18.5. The number of nitrogens with zero attached hydrogens (tertiary/aromatic N) is 2. The number of aliphatic hydroxyl groups excluding tert-OH is 3. The quantitative estimate of drug-likeness (QED) is 0.0636. The lowest BCUT2D eigenvalue weighted by Crippen LogP contribution is -2.57. The summed E-state index contributed by atoms with van der Waals surface area (Å²) >= 11 is 0. The van der Waals surface area contributed by atoms with Crippen LogP contribution in [0.5, 0.6) is 0 Å². The molecular weight excluding hydrogens is 763 g/mol. The van der Waals surface area contributed by atoms with E-state index in [2.05, 4.69) is 25.8 Å². The molecule has 0 aliphatic carbocycles. The number of alkyl halides is 3. The van der Waals surface area contributed by atoms with Crippen molar-refractivity contribution in [3.8, 4) is 11.3 Å². The van der Waals surface area contributed by atoms with Crippen LogP contribution in [0, 0.1) is 0 Å². The van der Waals surface area contributed by atoms with Crippen molar-refractivity contribution in [3.05, 3.63) is 113 Å². The molecule has 58 heavy (non-hydrogen) atoms. The number of halogens is 3. The zero-order valence-electron chi connectivity index (χ0n) is 32.2. The molecule has 14 nitrogen and oxygen atoms in total. The second kappa shape index (κ2) is 21.8. The summed E-state index contributed by atoms with van der Waals surface area (Å²) in [7, 11) is 0. The van der Waals surface area contributed by atoms with E-state index in [1.165, 1.54) is 24.4 Å². The van der Waals surface area contributed by atoms with Gasteiger partial charge in [0, 0.05) is 48.2 Å². The first-order chi connectivity index (χ1) is 27.8. The number of rotatable bonds is 21. The van der Waals surface area contributed by atoms with E-state index in [1.54, 1.807) is 36.4 Å². The number of aromatic nitrogens is 1. The number of carbonyl (C=O) groups excluding carboxylic acids is 3. The summed E-state index contributed by atoms with van der Waals surface area (Å²) in [5, 5.41) is 35.7. The Balaban J connectivity index is 1.37. The highest BCUT2D eigenvalue weighted by molar-refractivity contribution is 6.06. The van der Waals surface area contributed by atoms with Gasteiger partial charge in [-0.15, -0.1) is 0 Å². The van der Waals surface area contributed by atoms with Crippen LogP contribution in [0.15, 0.2) is 85.1 Å². The van der Waals surface area contributed by atoms with Gasteiger partial charge in [0.05, 0.1) is 63.2 Å². The van der Waals surface area contributed by atoms with Crippen LogP contribution in [-0.4, -0.2) is 103 Å². The van der Waals surface area contributed by atoms with Crippen molar-refractivity contribution in [1.29, 1.82) is 0 Å². The molecule has 3 amide bonds. The molecule has 0 aliphatic heterocycles. The SMILES string of the molecule is CCN(CC)c1ccc(NC(=O)c2cccc(COCCOCCOC(=O)NC(CO)(CO)CO)c2)c(-c2cc(C(=O)NCc3cccc(C(F)(F)F)c3)ccn2)c1. The van der Waals surface area contributed by atoms with Crippen molar-refractivity contribution in [2.24, 2.45) is 0 Å². The molecule has 3 aromatic carbocycles. The summed E-state index contributed by atoms with van der Waals surface area (Å²) in [6.07, 6.45) is -3.99. The topological polar surface area (TPSA) is 192 Å². The Bertz CT molecular complexity index is 1970. The number of alkyl carbamates (subject to hydrolysis) is 1. The predicted molar refractivity (Wildman–Crippen MR) is 209 cm³/mol. The number of nitrogens with one attached hydrogen (secondary N) is 3. The maximum absolute atomic E-state index is 13.6. The Morgan fingerprint density at radius 1 is 0.759 bits per heavy atom. The van der Waals surface area contributed by atoms with Gasteiger partial charge in [-0.3, -0.25) is 14.6 Å². The van der Waals surface area contributed by atoms with Crippen LogP contribution >= 0.6 is 0 Å². The van der Waals surface area contributed by atoms with E-state index in [-0.39, 0.29) is 45.1 Å². The van der Waals surface area contributed by atoms with Gasteiger partial charge in [-0.25, -0.2) is 4.79 Å². The number of ether oxygens (including phenoxy) is 3. The molecule has 6 N–H and O–H groups in total. The van der Waals surface area contributed by atoms with Crippen molar-refractivity contribution < 1.29 is 57.1 Å². The standard InChI is InChI=1S/C41H48F3N5O9/c1-3-49(4-2)33-11-12-35(34(22-33)36-21-31(13-14-45-36)37(53)46-23-28-7-6-10-32(20-28)41(42,43)44)47-38(54)30-9-5-8-29(19-30)24-57-16-15-56-17-18-58-39(55)48-40(25-50,26-51)27-52/h5-14,19-22,50-52H,3-4,15-18,23-27H2,1-2H3,(H,46,53)(H,47,54)(H,48,55). The number of aliphatic hydroxyl groups is 3. The number of pyridine rings is 1. The van der Waals surface area contributed by atoms with Gasteiger partial charge in [0.25, 0.3) is 11.8 Å². The van der Waals surface area contributed by atoms with Crippen molar-refractivity contribution in [1.82, 2.24) is 15.6 Å². The molecule has 0 bridgehead atoms. The molecule has 0 radical (unpaired) electrons. The average molecular weight is 812 g/mol. The highest BCUT2D eigenvalue weighted by Crippen LogP contribution is 2.33. The van der Waals surface area contributed by atoms with Gasteiger partial charge in [-0.1, -0.05) is 24.3 Å². The highest BCUT2D eigenvalue weighted by Gasteiger charge is 2.31. The monoisotopic (exact) mass is 811 g/mol. The molecule has 0 saturated carbocycles. The van der Waals surface area contributed by atoms with Crippen LogP contribution in [0.25, 0.3) is 11.3 Å². The van der Waals surface area contributed by atoms with Crippen molar-refractivity contribution in [3.63, 3.8) is 0 Å². The van der Waals surface area contributed by atoms with Crippen LogP contribution in [0.1, 0.15) is 51.3 Å². The summed E-state index contributed by atoms with van der Waals surface area (Å²) in [5.41, 5.74) is 1.43. The van der Waals surface area contributed by atoms with E-state index in [4.69, 9.17) is 14.2 Å². The Hall–Kier alpha value is -5.59. The Labute approximate surface area is 334 Å². The minimum absolute atomic E-state index is 0.0466. The predicted octanol–water partition coefficient (Wildman–Crippen LogP) is 4.77. The van der Waals surface area contributed by atoms with Gasteiger partial charge >= 0.3 is 12.3 Å². The maximum Gasteiger partial charge on any atom is 0.416 e. The summed E-state index contributed by atoms with van der Waals surface area (Å²) in [6, 6.07) is 20.2. The summed E-state index contributed by atoms with van der Waals surface area (Å²) in [4.78, 5) is 45.2. The second-order valence-electron chi connectivity index (χ2n) is 13.0. The lowest BCUT2D eigenvalue weighted by molar-refractivity contribution is -0.137. The first kappa shape index (κ1) is 45.1. The Morgan fingerprint density at radius 3 is 2.14 bits per heavy atom. The number of carbonyl (C=O) groups is 3. The van der Waals surface area contributed by atoms with Gasteiger partial charge in [0.2, 0.25) is 0 Å². The van der Waals surface area contributed by atoms with E-state index in [0.717, 1.165) is 23.4 Å². The van der Waals surface area contributed by atoms with Crippen LogP contribution in [0.3, 0.4) is 0 Å². The third kappa shape index (κ3) is 13.0. The molecule has 1 heterocycles. The van der Waals surface area contributed by atoms with Gasteiger partial charge in [-0.2, -0.15) is 13.2 Å². The third-order valence-electron chi connectivity index (χ3n) is 8.95. The van der Waals surface area contributed by atoms with Gasteiger partial charge in [0.1, 0.15) is 12.1 Å². The van der Waals surface area contributed by atoms with Crippen LogP contribution in [0.2, 0.25) is 0 Å². The van der Waals surface area contributed by atoms with E-state index < -0.39 is 55.0 Å². The molecular formula is C41H48F3N5O9.